The summed E-state index contributed by atoms with van der Waals surface area (Å²) in [6.45, 7) is 2.58. The Morgan fingerprint density at radius 1 is 1.44 bits per heavy atom. The Labute approximate surface area is 102 Å². The molecule has 16 heavy (non-hydrogen) atoms. The summed E-state index contributed by atoms with van der Waals surface area (Å²) in [4.78, 5) is 11.5. The van der Waals surface area contributed by atoms with Crippen LogP contribution in [0.1, 0.15) is 45.4 Å². The average Bonchev–Trinajstić information content (AvgIpc) is 2.70. The van der Waals surface area contributed by atoms with Gasteiger partial charge in [-0.05, 0) is 25.0 Å². The highest BCUT2D eigenvalue weighted by molar-refractivity contribution is 7.99. The number of carbonyl (C=O) groups is 1. The van der Waals surface area contributed by atoms with Crippen molar-refractivity contribution in [2.75, 3.05) is 18.1 Å². The molecule has 0 atom stereocenters. The zero-order valence-corrected chi connectivity index (χ0v) is 10.9. The number of amides is 1. The number of carbonyl (C=O) groups excluding carboxylic acids is 1. The molecule has 0 spiro atoms. The summed E-state index contributed by atoms with van der Waals surface area (Å²) in [6.07, 6.45) is 6.16. The lowest BCUT2D eigenvalue weighted by Gasteiger charge is -2.22. The van der Waals surface area contributed by atoms with Gasteiger partial charge in [0, 0.05) is 6.54 Å². The van der Waals surface area contributed by atoms with E-state index in [1.54, 1.807) is 11.8 Å². The van der Waals surface area contributed by atoms with Gasteiger partial charge in [0.2, 0.25) is 5.91 Å². The van der Waals surface area contributed by atoms with Crippen LogP contribution < -0.4 is 5.32 Å². The maximum atomic E-state index is 11.5. The molecule has 0 saturated heterocycles. The number of aliphatic hydroxyl groups is 1. The second-order valence-electron chi connectivity index (χ2n) is 4.61. The number of thioether (sulfide) groups is 1. The van der Waals surface area contributed by atoms with Crippen molar-refractivity contribution in [3.8, 4) is 0 Å². The van der Waals surface area contributed by atoms with Crippen LogP contribution in [0.2, 0.25) is 0 Å². The maximum Gasteiger partial charge on any atom is 0.230 e. The molecule has 0 aromatic carbocycles. The van der Waals surface area contributed by atoms with Gasteiger partial charge in [-0.3, -0.25) is 4.79 Å². The van der Waals surface area contributed by atoms with Crippen LogP contribution in [-0.2, 0) is 4.79 Å². The number of nitrogens with one attached hydrogen (secondary N) is 1. The van der Waals surface area contributed by atoms with Crippen molar-refractivity contribution in [3.63, 3.8) is 0 Å². The van der Waals surface area contributed by atoms with Crippen molar-refractivity contribution < 1.29 is 9.90 Å². The number of rotatable bonds is 7. The Bertz CT molecular complexity index is 215. The molecule has 3 nitrogen and oxygen atoms in total. The molecular formula is C12H23NO2S. The van der Waals surface area contributed by atoms with Crippen LogP contribution in [0.3, 0.4) is 0 Å². The summed E-state index contributed by atoms with van der Waals surface area (Å²) < 4.78 is 0. The fraction of sp³-hybridized carbons (Fsp3) is 0.917. The van der Waals surface area contributed by atoms with Crippen molar-refractivity contribution in [3.05, 3.63) is 0 Å². The van der Waals surface area contributed by atoms with Crippen molar-refractivity contribution in [1.82, 2.24) is 5.32 Å². The van der Waals surface area contributed by atoms with Crippen molar-refractivity contribution >= 4 is 17.7 Å². The molecule has 1 aliphatic carbocycles. The Morgan fingerprint density at radius 3 is 2.75 bits per heavy atom. The highest BCUT2D eigenvalue weighted by atomic mass is 32.2. The summed E-state index contributed by atoms with van der Waals surface area (Å²) >= 11 is 1.67. The van der Waals surface area contributed by atoms with Gasteiger partial charge in [-0.15, -0.1) is 0 Å². The molecule has 1 fully saturated rings. The lowest BCUT2D eigenvalue weighted by Crippen LogP contribution is -2.41. The van der Waals surface area contributed by atoms with Crippen LogP contribution in [0.5, 0.6) is 0 Å². The molecule has 1 aliphatic rings. The minimum atomic E-state index is -0.621. The van der Waals surface area contributed by atoms with Gasteiger partial charge >= 0.3 is 0 Å². The van der Waals surface area contributed by atoms with Gasteiger partial charge in [0.05, 0.1) is 11.4 Å². The van der Waals surface area contributed by atoms with Crippen molar-refractivity contribution in [1.29, 1.82) is 0 Å². The first-order chi connectivity index (χ1) is 7.66. The normalized spacial score (nSPS) is 18.6. The quantitative estimate of drug-likeness (QED) is 0.674. The van der Waals surface area contributed by atoms with Crippen LogP contribution >= 0.6 is 11.8 Å². The van der Waals surface area contributed by atoms with Crippen molar-refractivity contribution in [2.24, 2.45) is 0 Å². The lowest BCUT2D eigenvalue weighted by molar-refractivity contribution is -0.119. The summed E-state index contributed by atoms with van der Waals surface area (Å²) in [5.74, 6) is 1.63. The second-order valence-corrected chi connectivity index (χ2v) is 5.72. The van der Waals surface area contributed by atoms with E-state index >= 15 is 0 Å². The van der Waals surface area contributed by atoms with Gasteiger partial charge in [0.25, 0.3) is 0 Å². The van der Waals surface area contributed by atoms with E-state index in [1.807, 2.05) is 0 Å². The van der Waals surface area contributed by atoms with E-state index < -0.39 is 5.60 Å². The number of hydrogen-bond donors (Lipinski definition) is 2. The summed E-state index contributed by atoms with van der Waals surface area (Å²) in [7, 11) is 0. The highest BCUT2D eigenvalue weighted by Crippen LogP contribution is 2.28. The molecule has 0 unspecified atom stereocenters. The van der Waals surface area contributed by atoms with Gasteiger partial charge in [0.15, 0.2) is 0 Å². The van der Waals surface area contributed by atoms with E-state index in [0.29, 0.717) is 12.3 Å². The SMILES string of the molecule is CCCCSCC(=O)NCC1(O)CCCC1. The van der Waals surface area contributed by atoms with Gasteiger partial charge in [-0.2, -0.15) is 11.8 Å². The van der Waals surface area contributed by atoms with E-state index in [0.717, 1.165) is 31.4 Å². The van der Waals surface area contributed by atoms with Crippen LogP contribution in [0, 0.1) is 0 Å². The molecule has 0 aliphatic heterocycles. The highest BCUT2D eigenvalue weighted by Gasteiger charge is 2.31. The molecule has 0 aromatic heterocycles. The standard InChI is InChI=1S/C12H23NO2S/c1-2-3-8-16-9-11(14)13-10-12(15)6-4-5-7-12/h15H,2-10H2,1H3,(H,13,14). The first kappa shape index (κ1) is 13.8. The predicted octanol–water partition coefficient (Wildman–Crippen LogP) is 1.94. The van der Waals surface area contributed by atoms with E-state index in [9.17, 15) is 9.90 Å². The monoisotopic (exact) mass is 245 g/mol. The first-order valence-corrected chi connectivity index (χ1v) is 7.38. The number of unbranched alkanes of at least 4 members (excludes halogenated alkanes) is 1. The fourth-order valence-corrected chi connectivity index (χ4v) is 2.86. The largest absolute Gasteiger partial charge is 0.388 e. The van der Waals surface area contributed by atoms with E-state index in [2.05, 4.69) is 12.2 Å². The van der Waals surface area contributed by atoms with Crippen LogP contribution in [-0.4, -0.2) is 34.7 Å². The molecule has 1 saturated carbocycles. The zero-order valence-electron chi connectivity index (χ0n) is 10.1. The maximum absolute atomic E-state index is 11.5. The van der Waals surface area contributed by atoms with Crippen LogP contribution in [0.15, 0.2) is 0 Å². The molecule has 0 heterocycles. The Hall–Kier alpha value is -0.220. The smallest absolute Gasteiger partial charge is 0.230 e. The van der Waals surface area contributed by atoms with Gasteiger partial charge in [-0.25, -0.2) is 0 Å². The molecule has 0 aromatic rings. The fourth-order valence-electron chi connectivity index (χ4n) is 1.94. The Kier molecular flexibility index (Phi) is 6.21. The molecule has 4 heteroatoms. The molecule has 0 radical (unpaired) electrons. The third-order valence-corrected chi connectivity index (χ3v) is 4.07. The van der Waals surface area contributed by atoms with E-state index in [-0.39, 0.29) is 5.91 Å². The van der Waals surface area contributed by atoms with Gasteiger partial charge in [0.1, 0.15) is 0 Å². The summed E-state index contributed by atoms with van der Waals surface area (Å²) in [6, 6.07) is 0. The van der Waals surface area contributed by atoms with Gasteiger partial charge < -0.3 is 10.4 Å². The number of hydrogen-bond acceptors (Lipinski definition) is 3. The van der Waals surface area contributed by atoms with Gasteiger partial charge in [-0.1, -0.05) is 26.2 Å². The lowest BCUT2D eigenvalue weighted by atomic mass is 10.0. The molecular weight excluding hydrogens is 222 g/mol. The minimum Gasteiger partial charge on any atom is -0.388 e. The zero-order chi connectivity index (χ0) is 11.9. The molecule has 2 N–H and O–H groups in total. The van der Waals surface area contributed by atoms with E-state index in [4.69, 9.17) is 0 Å². The molecule has 94 valence electrons. The van der Waals surface area contributed by atoms with Crippen LogP contribution in [0.25, 0.3) is 0 Å². The third kappa shape index (κ3) is 5.21. The van der Waals surface area contributed by atoms with Crippen molar-refractivity contribution in [2.45, 2.75) is 51.0 Å². The van der Waals surface area contributed by atoms with Crippen LogP contribution in [0.4, 0.5) is 0 Å². The summed E-state index contributed by atoms with van der Waals surface area (Å²) in [5.41, 5.74) is -0.621. The average molecular weight is 245 g/mol. The topological polar surface area (TPSA) is 49.3 Å². The molecule has 0 bridgehead atoms. The predicted molar refractivity (Wildman–Crippen MR) is 68.7 cm³/mol. The first-order valence-electron chi connectivity index (χ1n) is 6.23. The second kappa shape index (κ2) is 7.17. The molecule has 1 rings (SSSR count). The summed E-state index contributed by atoms with van der Waals surface area (Å²) in [5, 5.41) is 12.9. The Balaban J connectivity index is 2.05. The Morgan fingerprint density at radius 2 is 2.12 bits per heavy atom. The minimum absolute atomic E-state index is 0.0569. The third-order valence-electron chi connectivity index (χ3n) is 3.02. The molecule has 1 amide bonds. The van der Waals surface area contributed by atoms with E-state index in [1.165, 1.54) is 12.8 Å².